The molecule has 2 heterocycles. The van der Waals surface area contributed by atoms with Gasteiger partial charge in [0.15, 0.2) is 0 Å². The minimum Gasteiger partial charge on any atom is -0.396 e. The van der Waals surface area contributed by atoms with Gasteiger partial charge < -0.3 is 10.0 Å². The van der Waals surface area contributed by atoms with Crippen LogP contribution in [0.25, 0.3) is 0 Å². The summed E-state index contributed by atoms with van der Waals surface area (Å²) in [6, 6.07) is 1.45. The number of H-pyrrole nitrogens is 1. The maximum absolute atomic E-state index is 11.5. The summed E-state index contributed by atoms with van der Waals surface area (Å²) in [4.78, 5) is 27.6. The van der Waals surface area contributed by atoms with E-state index in [2.05, 4.69) is 4.98 Å². The van der Waals surface area contributed by atoms with Crippen molar-refractivity contribution in [3.8, 4) is 0 Å². The lowest BCUT2D eigenvalue weighted by molar-refractivity contribution is 0.202. The van der Waals surface area contributed by atoms with Crippen LogP contribution in [0.2, 0.25) is 0 Å². The molecule has 1 aromatic rings. The number of aliphatic hydroxyl groups excluding tert-OH is 1. The molecule has 6 heteroatoms. The number of piperidine rings is 1. The summed E-state index contributed by atoms with van der Waals surface area (Å²) in [5.41, 5.74) is -0.690. The first-order valence-corrected chi connectivity index (χ1v) is 5.78. The molecule has 0 spiro atoms. The summed E-state index contributed by atoms with van der Waals surface area (Å²) in [6.45, 7) is 1.73. The third-order valence-electron chi connectivity index (χ3n) is 3.34. The van der Waals surface area contributed by atoms with E-state index in [0.29, 0.717) is 11.7 Å². The molecule has 0 aliphatic carbocycles. The van der Waals surface area contributed by atoms with Crippen LogP contribution in [0.1, 0.15) is 12.8 Å². The molecular formula is C11H17N3O3. The molecule has 0 amide bonds. The summed E-state index contributed by atoms with van der Waals surface area (Å²) < 4.78 is 1.05. The largest absolute Gasteiger partial charge is 0.396 e. The van der Waals surface area contributed by atoms with Crippen molar-refractivity contribution in [1.82, 2.24) is 9.55 Å². The van der Waals surface area contributed by atoms with E-state index in [9.17, 15) is 9.59 Å². The highest BCUT2D eigenvalue weighted by molar-refractivity contribution is 5.37. The fourth-order valence-corrected chi connectivity index (χ4v) is 2.07. The van der Waals surface area contributed by atoms with Gasteiger partial charge in [0.05, 0.1) is 0 Å². The number of aromatic nitrogens is 2. The average molecular weight is 239 g/mol. The molecule has 0 aromatic carbocycles. The summed E-state index contributed by atoms with van der Waals surface area (Å²) in [6.07, 6.45) is 1.77. The van der Waals surface area contributed by atoms with Crippen LogP contribution in [-0.2, 0) is 7.05 Å². The second-order valence-corrected chi connectivity index (χ2v) is 4.47. The average Bonchev–Trinajstić information content (AvgIpc) is 2.35. The molecule has 1 fully saturated rings. The third-order valence-corrected chi connectivity index (χ3v) is 3.34. The molecule has 1 aromatic heterocycles. The van der Waals surface area contributed by atoms with Gasteiger partial charge in [-0.15, -0.1) is 0 Å². The zero-order chi connectivity index (χ0) is 12.4. The van der Waals surface area contributed by atoms with Gasteiger partial charge in [0, 0.05) is 32.8 Å². The summed E-state index contributed by atoms with van der Waals surface area (Å²) >= 11 is 0. The second kappa shape index (κ2) is 4.75. The fraction of sp³-hybridized carbons (Fsp3) is 0.636. The SMILES string of the molecule is Cn1c(=O)cc(N2CCC(CO)CC2)[nH]c1=O. The van der Waals surface area contributed by atoms with E-state index in [4.69, 9.17) is 5.11 Å². The molecule has 0 unspecified atom stereocenters. The lowest BCUT2D eigenvalue weighted by atomic mass is 9.98. The van der Waals surface area contributed by atoms with E-state index in [1.165, 1.54) is 13.1 Å². The number of nitrogens with zero attached hydrogens (tertiary/aromatic N) is 2. The van der Waals surface area contributed by atoms with Crippen LogP contribution in [0.3, 0.4) is 0 Å². The number of rotatable bonds is 2. The first-order valence-electron chi connectivity index (χ1n) is 5.78. The molecule has 0 bridgehead atoms. The molecule has 1 aliphatic heterocycles. The number of hydrogen-bond acceptors (Lipinski definition) is 4. The molecule has 0 radical (unpaired) electrons. The second-order valence-electron chi connectivity index (χ2n) is 4.47. The van der Waals surface area contributed by atoms with Crippen molar-refractivity contribution in [3.05, 3.63) is 26.9 Å². The third kappa shape index (κ3) is 2.41. The van der Waals surface area contributed by atoms with E-state index in [1.54, 1.807) is 0 Å². The molecule has 94 valence electrons. The Morgan fingerprint density at radius 2 is 2.06 bits per heavy atom. The van der Waals surface area contributed by atoms with Crippen molar-refractivity contribution in [2.45, 2.75) is 12.8 Å². The molecule has 2 rings (SSSR count). The Bertz CT molecular complexity index is 466. The van der Waals surface area contributed by atoms with Crippen LogP contribution in [0.15, 0.2) is 15.7 Å². The van der Waals surface area contributed by atoms with E-state index in [1.807, 2.05) is 4.90 Å². The topological polar surface area (TPSA) is 78.3 Å². The fourth-order valence-electron chi connectivity index (χ4n) is 2.07. The van der Waals surface area contributed by atoms with Crippen LogP contribution >= 0.6 is 0 Å². The number of aliphatic hydroxyl groups is 1. The van der Waals surface area contributed by atoms with Crippen molar-refractivity contribution in [2.24, 2.45) is 13.0 Å². The highest BCUT2D eigenvalue weighted by Gasteiger charge is 2.19. The number of nitrogens with one attached hydrogen (secondary N) is 1. The number of aromatic amines is 1. The Balaban J connectivity index is 2.19. The van der Waals surface area contributed by atoms with Crippen LogP contribution in [0.5, 0.6) is 0 Å². The van der Waals surface area contributed by atoms with Crippen LogP contribution < -0.4 is 16.1 Å². The minimum absolute atomic E-state index is 0.209. The highest BCUT2D eigenvalue weighted by Crippen LogP contribution is 2.19. The van der Waals surface area contributed by atoms with Crippen LogP contribution in [0.4, 0.5) is 5.82 Å². The monoisotopic (exact) mass is 239 g/mol. The first kappa shape index (κ1) is 11.9. The van der Waals surface area contributed by atoms with Gasteiger partial charge in [-0.2, -0.15) is 0 Å². The van der Waals surface area contributed by atoms with Crippen molar-refractivity contribution in [3.63, 3.8) is 0 Å². The van der Waals surface area contributed by atoms with E-state index in [-0.39, 0.29) is 12.2 Å². The van der Waals surface area contributed by atoms with Gasteiger partial charge in [-0.05, 0) is 18.8 Å². The van der Waals surface area contributed by atoms with Gasteiger partial charge in [0.25, 0.3) is 5.56 Å². The van der Waals surface area contributed by atoms with Gasteiger partial charge in [-0.3, -0.25) is 14.3 Å². The minimum atomic E-state index is -0.392. The Morgan fingerprint density at radius 3 is 2.59 bits per heavy atom. The van der Waals surface area contributed by atoms with Gasteiger partial charge in [0.2, 0.25) is 0 Å². The molecule has 1 aliphatic rings. The maximum atomic E-state index is 11.5. The Hall–Kier alpha value is -1.56. The standard InChI is InChI=1S/C11H17N3O3/c1-13-10(16)6-9(12-11(13)17)14-4-2-8(7-15)3-5-14/h6,8,15H,2-5,7H2,1H3,(H,12,17). The van der Waals surface area contributed by atoms with Crippen LogP contribution in [-0.4, -0.2) is 34.4 Å². The predicted molar refractivity (Wildman–Crippen MR) is 64.3 cm³/mol. The van der Waals surface area contributed by atoms with Gasteiger partial charge >= 0.3 is 5.69 Å². The number of hydrogen-bond donors (Lipinski definition) is 2. The maximum Gasteiger partial charge on any atom is 0.329 e. The zero-order valence-electron chi connectivity index (χ0n) is 9.85. The van der Waals surface area contributed by atoms with E-state index in [0.717, 1.165) is 30.5 Å². The van der Waals surface area contributed by atoms with E-state index >= 15 is 0 Å². The van der Waals surface area contributed by atoms with Crippen molar-refractivity contribution >= 4 is 5.82 Å². The summed E-state index contributed by atoms with van der Waals surface area (Å²) in [7, 11) is 1.45. The molecule has 17 heavy (non-hydrogen) atoms. The van der Waals surface area contributed by atoms with Crippen molar-refractivity contribution in [2.75, 3.05) is 24.6 Å². The zero-order valence-corrected chi connectivity index (χ0v) is 9.85. The van der Waals surface area contributed by atoms with Crippen LogP contribution in [0, 0.1) is 5.92 Å². The van der Waals surface area contributed by atoms with Gasteiger partial charge in [0.1, 0.15) is 5.82 Å². The normalized spacial score (nSPS) is 17.4. The first-order chi connectivity index (χ1) is 8.11. The summed E-state index contributed by atoms with van der Waals surface area (Å²) in [5, 5.41) is 9.04. The molecule has 2 N–H and O–H groups in total. The molecule has 0 atom stereocenters. The number of anilines is 1. The summed E-state index contributed by atoms with van der Waals surface area (Å²) in [5.74, 6) is 0.916. The quantitative estimate of drug-likeness (QED) is 0.714. The van der Waals surface area contributed by atoms with Gasteiger partial charge in [-0.25, -0.2) is 4.79 Å². The predicted octanol–water partition coefficient (Wildman–Crippen LogP) is -0.718. The lowest BCUT2D eigenvalue weighted by Gasteiger charge is -2.32. The molecule has 0 saturated carbocycles. The smallest absolute Gasteiger partial charge is 0.329 e. The Kier molecular flexibility index (Phi) is 3.33. The Labute approximate surface area is 98.5 Å². The Morgan fingerprint density at radius 1 is 1.41 bits per heavy atom. The van der Waals surface area contributed by atoms with E-state index < -0.39 is 5.69 Å². The lowest BCUT2D eigenvalue weighted by Crippen LogP contribution is -2.39. The molecule has 6 nitrogen and oxygen atoms in total. The molecular weight excluding hydrogens is 222 g/mol. The van der Waals surface area contributed by atoms with Crippen molar-refractivity contribution in [1.29, 1.82) is 0 Å². The molecule has 1 saturated heterocycles. The van der Waals surface area contributed by atoms with Crippen molar-refractivity contribution < 1.29 is 5.11 Å². The highest BCUT2D eigenvalue weighted by atomic mass is 16.3. The van der Waals surface area contributed by atoms with Gasteiger partial charge in [-0.1, -0.05) is 0 Å².